The van der Waals surface area contributed by atoms with Crippen molar-refractivity contribution in [3.8, 4) is 11.9 Å². The first kappa shape index (κ1) is 50.5. The number of morpholine rings is 2. The summed E-state index contributed by atoms with van der Waals surface area (Å²) in [4.78, 5) is 38.4. The van der Waals surface area contributed by atoms with Gasteiger partial charge in [-0.05, 0) is 72.7 Å². The van der Waals surface area contributed by atoms with Crippen LogP contribution in [0, 0.1) is 0 Å². The third-order valence-electron chi connectivity index (χ3n) is 12.3. The summed E-state index contributed by atoms with van der Waals surface area (Å²) in [5.74, 6) is 0.420. The molecule has 0 radical (unpaired) electrons. The first-order valence-corrected chi connectivity index (χ1v) is 23.0. The number of anilines is 3. The van der Waals surface area contributed by atoms with Gasteiger partial charge in [-0.1, -0.05) is 99.8 Å². The molecule has 0 bridgehead atoms. The number of imidazole rings is 2. The van der Waals surface area contributed by atoms with Crippen LogP contribution in [0.2, 0.25) is 5.28 Å². The molecule has 2 saturated heterocycles. The van der Waals surface area contributed by atoms with Gasteiger partial charge in [-0.15, -0.1) is 0 Å². The van der Waals surface area contributed by atoms with Gasteiger partial charge in [0.25, 0.3) is 12.9 Å². The van der Waals surface area contributed by atoms with Crippen molar-refractivity contribution in [3.63, 3.8) is 0 Å². The highest BCUT2D eigenvalue weighted by Gasteiger charge is 2.45. The minimum absolute atomic E-state index is 0. The van der Waals surface area contributed by atoms with E-state index in [2.05, 4.69) is 69.5 Å². The third kappa shape index (κ3) is 11.0. The molecule has 0 unspecified atom stereocenters. The van der Waals surface area contributed by atoms with E-state index < -0.39 is 24.5 Å². The van der Waals surface area contributed by atoms with Gasteiger partial charge in [-0.2, -0.15) is 29.9 Å². The molecule has 4 aliphatic rings. The predicted molar refractivity (Wildman–Crippen MR) is 266 cm³/mol. The average Bonchev–Trinajstić information content (AvgIpc) is 4.26. The SMILES string of the molecule is C.C.FC(F)c1nc2ccccc2n1-c1nc(Cl)nc(N2CCOCC2)n1.FC(F)c1nc2ccccc2n1-c1nc(NC2(c3ccccc3)CC2)nc(N2CCOCC2)n1.NC1(c2ccccc2)CC1. The summed E-state index contributed by atoms with van der Waals surface area (Å²) in [6, 6.07) is 34.3. The van der Waals surface area contributed by atoms with Gasteiger partial charge < -0.3 is 30.3 Å². The molecule has 6 heterocycles. The molecule has 4 aromatic carbocycles. The highest BCUT2D eigenvalue weighted by atomic mass is 35.5. The number of benzene rings is 4. The van der Waals surface area contributed by atoms with Gasteiger partial charge >= 0.3 is 0 Å². The number of aromatic nitrogens is 10. The molecular formula is C50H55ClF4N14O2. The van der Waals surface area contributed by atoms with Gasteiger partial charge in [-0.25, -0.2) is 27.5 Å². The summed E-state index contributed by atoms with van der Waals surface area (Å²) in [6.45, 7) is 4.57. The minimum atomic E-state index is -2.79. The second kappa shape index (κ2) is 21.6. The Balaban J connectivity index is 0.000000160. The molecule has 3 N–H and O–H groups in total. The van der Waals surface area contributed by atoms with Crippen molar-refractivity contribution in [2.45, 2.75) is 64.5 Å². The van der Waals surface area contributed by atoms with Crippen molar-refractivity contribution in [2.75, 3.05) is 67.7 Å². The molecule has 4 aromatic heterocycles. The molecule has 0 amide bonds. The van der Waals surface area contributed by atoms with Gasteiger partial charge in [0.1, 0.15) is 0 Å². The van der Waals surface area contributed by atoms with Crippen LogP contribution in [-0.2, 0) is 20.6 Å². The molecule has 2 saturated carbocycles. The smallest absolute Gasteiger partial charge is 0.296 e. The van der Waals surface area contributed by atoms with E-state index in [4.69, 9.17) is 26.8 Å². The molecule has 16 nitrogen and oxygen atoms in total. The average molecular weight is 996 g/mol. The van der Waals surface area contributed by atoms with Gasteiger partial charge in [0.15, 0.2) is 11.6 Å². The topological polar surface area (TPSA) is 176 Å². The lowest BCUT2D eigenvalue weighted by atomic mass is 10.1. The molecule has 372 valence electrons. The quantitative estimate of drug-likeness (QED) is 0.124. The lowest BCUT2D eigenvalue weighted by Gasteiger charge is -2.27. The number of rotatable bonds is 10. The van der Waals surface area contributed by atoms with Crippen LogP contribution in [0.4, 0.5) is 35.4 Å². The lowest BCUT2D eigenvalue weighted by Crippen LogP contribution is -2.38. The molecule has 4 fully saturated rings. The Bertz CT molecular complexity index is 3040. The number of para-hydroxylation sites is 4. The molecule has 12 rings (SSSR count). The summed E-state index contributed by atoms with van der Waals surface area (Å²) in [6.07, 6.45) is -1.41. The number of alkyl halides is 4. The van der Waals surface area contributed by atoms with Gasteiger partial charge in [-0.3, -0.25) is 9.13 Å². The summed E-state index contributed by atoms with van der Waals surface area (Å²) < 4.78 is 68.3. The van der Waals surface area contributed by atoms with E-state index in [0.29, 0.717) is 92.5 Å². The second-order valence-corrected chi connectivity index (χ2v) is 17.3. The highest BCUT2D eigenvalue weighted by molar-refractivity contribution is 6.28. The number of fused-ring (bicyclic) bond motifs is 2. The summed E-state index contributed by atoms with van der Waals surface area (Å²) in [7, 11) is 0. The first-order valence-electron chi connectivity index (χ1n) is 22.6. The fourth-order valence-electron chi connectivity index (χ4n) is 8.33. The van der Waals surface area contributed by atoms with E-state index in [0.717, 1.165) is 31.2 Å². The van der Waals surface area contributed by atoms with E-state index in [1.807, 2.05) is 46.2 Å². The summed E-state index contributed by atoms with van der Waals surface area (Å²) in [5.41, 5.74) is 10.1. The van der Waals surface area contributed by atoms with Crippen molar-refractivity contribution in [3.05, 3.63) is 137 Å². The van der Waals surface area contributed by atoms with E-state index in [-0.39, 0.29) is 43.1 Å². The van der Waals surface area contributed by atoms with Gasteiger partial charge in [0, 0.05) is 31.7 Å². The van der Waals surface area contributed by atoms with Crippen molar-refractivity contribution < 1.29 is 27.0 Å². The molecule has 2 aliphatic carbocycles. The molecule has 0 spiro atoms. The maximum Gasteiger partial charge on any atom is 0.296 e. The molecular weight excluding hydrogens is 940 g/mol. The van der Waals surface area contributed by atoms with Crippen molar-refractivity contribution in [1.82, 2.24) is 49.0 Å². The van der Waals surface area contributed by atoms with Crippen LogP contribution < -0.4 is 20.9 Å². The number of halogens is 5. The molecule has 21 heteroatoms. The zero-order chi connectivity index (χ0) is 47.5. The van der Waals surface area contributed by atoms with Crippen LogP contribution in [0.15, 0.2) is 109 Å². The minimum Gasteiger partial charge on any atom is -0.378 e. The maximum atomic E-state index is 14.0. The first-order chi connectivity index (χ1) is 33.6. The summed E-state index contributed by atoms with van der Waals surface area (Å²) >= 11 is 6.03. The summed E-state index contributed by atoms with van der Waals surface area (Å²) in [5, 5.41) is 3.42. The number of nitrogens with one attached hydrogen (secondary N) is 1. The fourth-order valence-corrected chi connectivity index (χ4v) is 8.48. The zero-order valence-corrected chi connectivity index (χ0v) is 37.9. The lowest BCUT2D eigenvalue weighted by molar-refractivity contribution is 0.122. The van der Waals surface area contributed by atoms with E-state index in [1.54, 1.807) is 48.5 Å². The van der Waals surface area contributed by atoms with Crippen LogP contribution in [0.5, 0.6) is 0 Å². The Hall–Kier alpha value is -6.87. The second-order valence-electron chi connectivity index (χ2n) is 16.9. The Morgan fingerprint density at radius 3 is 1.38 bits per heavy atom. The van der Waals surface area contributed by atoms with Crippen LogP contribution >= 0.6 is 11.6 Å². The van der Waals surface area contributed by atoms with Crippen molar-refractivity contribution in [2.24, 2.45) is 5.73 Å². The van der Waals surface area contributed by atoms with Crippen molar-refractivity contribution >= 4 is 51.5 Å². The number of hydrogen-bond donors (Lipinski definition) is 2. The normalized spacial score (nSPS) is 16.6. The Morgan fingerprint density at radius 2 is 0.915 bits per heavy atom. The monoisotopic (exact) mass is 994 g/mol. The Kier molecular flexibility index (Phi) is 15.4. The van der Waals surface area contributed by atoms with Crippen LogP contribution in [0.1, 0.15) is 76.2 Å². The Labute approximate surface area is 413 Å². The Morgan fingerprint density at radius 1 is 0.507 bits per heavy atom. The van der Waals surface area contributed by atoms with Crippen molar-refractivity contribution in [1.29, 1.82) is 0 Å². The molecule has 2 aliphatic heterocycles. The number of nitrogens with zero attached hydrogens (tertiary/aromatic N) is 12. The van der Waals surface area contributed by atoms with E-state index >= 15 is 0 Å². The van der Waals surface area contributed by atoms with Gasteiger partial charge in [0.05, 0.1) is 54.0 Å². The van der Waals surface area contributed by atoms with Crippen LogP contribution in [0.25, 0.3) is 34.0 Å². The van der Waals surface area contributed by atoms with E-state index in [1.165, 1.54) is 14.7 Å². The zero-order valence-electron chi connectivity index (χ0n) is 37.2. The molecule has 71 heavy (non-hydrogen) atoms. The fraction of sp³-hybridized carbons (Fsp3) is 0.360. The number of ether oxygens (including phenoxy) is 2. The van der Waals surface area contributed by atoms with E-state index in [9.17, 15) is 17.6 Å². The largest absolute Gasteiger partial charge is 0.378 e. The molecule has 0 atom stereocenters. The highest BCUT2D eigenvalue weighted by Crippen LogP contribution is 2.48. The van der Waals surface area contributed by atoms with Crippen LogP contribution in [0.3, 0.4) is 0 Å². The predicted octanol–water partition coefficient (Wildman–Crippen LogP) is 9.63. The van der Waals surface area contributed by atoms with Gasteiger partial charge in [0.2, 0.25) is 35.0 Å². The van der Waals surface area contributed by atoms with Crippen LogP contribution in [-0.4, -0.2) is 102 Å². The number of nitrogens with two attached hydrogens (primary N) is 1. The third-order valence-corrected chi connectivity index (χ3v) is 12.5. The molecule has 8 aromatic rings. The standard InChI is InChI=1S/C24H23F2N7O.C15H13ClF2N6O.C9H11N.2CH4/c25-19(26)20-27-17-8-4-5-9-18(17)33(20)23-29-21(28-22(30-23)32-12-14-34-15-13-32)31-24(10-11-24)16-6-2-1-3-7-16;16-13-20-14(23-5-7-25-8-6-23)22-15(21-13)24-10-4-2-1-3-9(10)19-12(24)11(17)18;10-9(6-7-9)8-4-2-1-3-5-8;;/h1-9,19H,10-15H2,(H,28,29,30,31);1-4,11H,5-8H2;1-5H,6-7,10H2;2*1H4. The number of hydrogen-bond acceptors (Lipinski definition) is 14. The maximum absolute atomic E-state index is 14.0.